The van der Waals surface area contributed by atoms with Gasteiger partial charge in [-0.2, -0.15) is 0 Å². The van der Waals surface area contributed by atoms with Gasteiger partial charge in [0.15, 0.2) is 9.84 Å². The summed E-state index contributed by atoms with van der Waals surface area (Å²) in [6.07, 6.45) is 2.14. The average Bonchev–Trinajstić information content (AvgIpc) is 2.47. The Kier molecular flexibility index (Phi) is 7.55. The number of amides is 1. The SMILES string of the molecule is CCN(CC)CCCNC(=O)Cc1ccccc1S(C)(=O)=O. The van der Waals surface area contributed by atoms with Crippen LogP contribution in [0.2, 0.25) is 0 Å². The molecule has 0 heterocycles. The topological polar surface area (TPSA) is 66.5 Å². The Bertz CT molecular complexity index is 581. The van der Waals surface area contributed by atoms with E-state index >= 15 is 0 Å². The van der Waals surface area contributed by atoms with E-state index in [0.29, 0.717) is 12.1 Å². The highest BCUT2D eigenvalue weighted by Gasteiger charge is 2.14. The fraction of sp³-hybridized carbons (Fsp3) is 0.562. The van der Waals surface area contributed by atoms with Crippen molar-refractivity contribution >= 4 is 15.7 Å². The van der Waals surface area contributed by atoms with Gasteiger partial charge in [-0.3, -0.25) is 4.79 Å². The third-order valence-electron chi connectivity index (χ3n) is 3.59. The Labute approximate surface area is 133 Å². The largest absolute Gasteiger partial charge is 0.356 e. The summed E-state index contributed by atoms with van der Waals surface area (Å²) in [5, 5.41) is 2.85. The van der Waals surface area contributed by atoms with Crippen molar-refractivity contribution in [2.45, 2.75) is 31.6 Å². The summed E-state index contributed by atoms with van der Waals surface area (Å²) in [4.78, 5) is 14.5. The maximum absolute atomic E-state index is 12.0. The van der Waals surface area contributed by atoms with E-state index in [9.17, 15) is 13.2 Å². The van der Waals surface area contributed by atoms with Crippen molar-refractivity contribution in [2.24, 2.45) is 0 Å². The standard InChI is InChI=1S/C16H26N2O3S/c1-4-18(5-2)12-8-11-17-16(19)13-14-9-6-7-10-15(14)22(3,20)21/h6-7,9-10H,4-5,8,11-13H2,1-3H3,(H,17,19). The van der Waals surface area contributed by atoms with Crippen molar-refractivity contribution in [3.8, 4) is 0 Å². The van der Waals surface area contributed by atoms with Crippen LogP contribution in [0.3, 0.4) is 0 Å². The van der Waals surface area contributed by atoms with Crippen LogP contribution >= 0.6 is 0 Å². The summed E-state index contributed by atoms with van der Waals surface area (Å²) in [7, 11) is -3.31. The van der Waals surface area contributed by atoms with Crippen molar-refractivity contribution in [3.05, 3.63) is 29.8 Å². The molecule has 1 aromatic rings. The van der Waals surface area contributed by atoms with E-state index in [2.05, 4.69) is 24.1 Å². The lowest BCUT2D eigenvalue weighted by Gasteiger charge is -2.17. The summed E-state index contributed by atoms with van der Waals surface area (Å²) < 4.78 is 23.4. The van der Waals surface area contributed by atoms with Gasteiger partial charge in [0.05, 0.1) is 11.3 Å². The average molecular weight is 326 g/mol. The van der Waals surface area contributed by atoms with Crippen LogP contribution in [0.4, 0.5) is 0 Å². The first-order chi connectivity index (χ1) is 10.4. The highest BCUT2D eigenvalue weighted by atomic mass is 32.2. The quantitative estimate of drug-likeness (QED) is 0.698. The van der Waals surface area contributed by atoms with Crippen LogP contribution in [0, 0.1) is 0 Å². The lowest BCUT2D eigenvalue weighted by Crippen LogP contribution is -2.30. The number of nitrogens with zero attached hydrogens (tertiary/aromatic N) is 1. The van der Waals surface area contributed by atoms with Crippen LogP contribution in [0.1, 0.15) is 25.8 Å². The summed E-state index contributed by atoms with van der Waals surface area (Å²) in [6.45, 7) is 7.80. The van der Waals surface area contributed by atoms with Crippen molar-refractivity contribution in [1.29, 1.82) is 0 Å². The second kappa shape index (κ2) is 8.90. The first-order valence-electron chi connectivity index (χ1n) is 7.65. The molecule has 22 heavy (non-hydrogen) atoms. The zero-order chi connectivity index (χ0) is 16.6. The van der Waals surface area contributed by atoms with Gasteiger partial charge in [-0.1, -0.05) is 32.0 Å². The summed E-state index contributed by atoms with van der Waals surface area (Å²) in [6, 6.07) is 6.64. The molecule has 1 aromatic carbocycles. The summed E-state index contributed by atoms with van der Waals surface area (Å²) >= 11 is 0. The second-order valence-corrected chi connectivity index (χ2v) is 7.27. The van der Waals surface area contributed by atoms with E-state index in [0.717, 1.165) is 32.3 Å². The highest BCUT2D eigenvalue weighted by Crippen LogP contribution is 2.15. The molecule has 0 atom stereocenters. The fourth-order valence-electron chi connectivity index (χ4n) is 2.32. The zero-order valence-corrected chi connectivity index (χ0v) is 14.4. The predicted molar refractivity (Wildman–Crippen MR) is 88.7 cm³/mol. The Morgan fingerprint density at radius 1 is 1.18 bits per heavy atom. The molecular weight excluding hydrogens is 300 g/mol. The number of hydrogen-bond acceptors (Lipinski definition) is 4. The number of nitrogens with one attached hydrogen (secondary N) is 1. The number of sulfone groups is 1. The third-order valence-corrected chi connectivity index (χ3v) is 4.79. The molecule has 1 N–H and O–H groups in total. The third kappa shape index (κ3) is 6.15. The fourth-order valence-corrected chi connectivity index (χ4v) is 3.26. The van der Waals surface area contributed by atoms with E-state index in [1.165, 1.54) is 0 Å². The maximum Gasteiger partial charge on any atom is 0.224 e. The van der Waals surface area contributed by atoms with Gasteiger partial charge in [0.1, 0.15) is 0 Å². The van der Waals surface area contributed by atoms with Gasteiger partial charge in [-0.25, -0.2) is 8.42 Å². The monoisotopic (exact) mass is 326 g/mol. The molecular formula is C16H26N2O3S. The predicted octanol–water partition coefficient (Wildman–Crippen LogP) is 1.48. The number of rotatable bonds is 9. The van der Waals surface area contributed by atoms with E-state index in [1.54, 1.807) is 24.3 Å². The molecule has 0 aromatic heterocycles. The van der Waals surface area contributed by atoms with E-state index < -0.39 is 9.84 Å². The molecule has 0 radical (unpaired) electrons. The Hall–Kier alpha value is -1.40. The lowest BCUT2D eigenvalue weighted by atomic mass is 10.1. The molecule has 0 saturated carbocycles. The Morgan fingerprint density at radius 2 is 1.82 bits per heavy atom. The van der Waals surface area contributed by atoms with Gasteiger partial charge in [-0.15, -0.1) is 0 Å². The van der Waals surface area contributed by atoms with Crippen LogP contribution in [0.25, 0.3) is 0 Å². The molecule has 124 valence electrons. The zero-order valence-electron chi connectivity index (χ0n) is 13.6. The minimum Gasteiger partial charge on any atom is -0.356 e. The molecule has 0 fully saturated rings. The van der Waals surface area contributed by atoms with Crippen LogP contribution in [0.15, 0.2) is 29.2 Å². The van der Waals surface area contributed by atoms with E-state index in [-0.39, 0.29) is 17.2 Å². The van der Waals surface area contributed by atoms with Gasteiger partial charge in [-0.05, 0) is 37.7 Å². The van der Waals surface area contributed by atoms with Crippen molar-refractivity contribution < 1.29 is 13.2 Å². The smallest absolute Gasteiger partial charge is 0.224 e. The van der Waals surface area contributed by atoms with Gasteiger partial charge in [0.2, 0.25) is 5.91 Å². The van der Waals surface area contributed by atoms with Crippen LogP contribution in [-0.4, -0.2) is 51.7 Å². The summed E-state index contributed by atoms with van der Waals surface area (Å²) in [5.74, 6) is -0.143. The molecule has 0 aliphatic rings. The molecule has 0 unspecified atom stereocenters. The first-order valence-corrected chi connectivity index (χ1v) is 9.54. The molecule has 0 aliphatic carbocycles. The van der Waals surface area contributed by atoms with Crippen molar-refractivity contribution in [3.63, 3.8) is 0 Å². The second-order valence-electron chi connectivity index (χ2n) is 5.29. The van der Waals surface area contributed by atoms with Crippen molar-refractivity contribution in [2.75, 3.05) is 32.4 Å². The highest BCUT2D eigenvalue weighted by molar-refractivity contribution is 7.90. The Balaban J connectivity index is 2.50. The van der Waals surface area contributed by atoms with Gasteiger partial charge < -0.3 is 10.2 Å². The molecule has 1 rings (SSSR count). The first kappa shape index (κ1) is 18.6. The minimum atomic E-state index is -3.31. The van der Waals surface area contributed by atoms with Gasteiger partial charge in [0, 0.05) is 12.8 Å². The van der Waals surface area contributed by atoms with Gasteiger partial charge >= 0.3 is 0 Å². The number of benzene rings is 1. The number of carbonyl (C=O) groups excluding carboxylic acids is 1. The number of hydrogen-bond donors (Lipinski definition) is 1. The van der Waals surface area contributed by atoms with Crippen LogP contribution in [0.5, 0.6) is 0 Å². The Morgan fingerprint density at radius 3 is 2.41 bits per heavy atom. The normalized spacial score (nSPS) is 11.6. The molecule has 0 bridgehead atoms. The van der Waals surface area contributed by atoms with Crippen molar-refractivity contribution in [1.82, 2.24) is 10.2 Å². The molecule has 1 amide bonds. The molecule has 0 spiro atoms. The van der Waals surface area contributed by atoms with Crippen LogP contribution in [-0.2, 0) is 21.1 Å². The van der Waals surface area contributed by atoms with Gasteiger partial charge in [0.25, 0.3) is 0 Å². The number of carbonyl (C=O) groups is 1. The molecule has 0 aliphatic heterocycles. The molecule has 0 saturated heterocycles. The minimum absolute atomic E-state index is 0.0918. The molecule has 5 nitrogen and oxygen atoms in total. The van der Waals surface area contributed by atoms with E-state index in [4.69, 9.17) is 0 Å². The summed E-state index contributed by atoms with van der Waals surface area (Å²) in [5.41, 5.74) is 0.547. The lowest BCUT2D eigenvalue weighted by molar-refractivity contribution is -0.120. The maximum atomic E-state index is 12.0. The molecule has 6 heteroatoms. The van der Waals surface area contributed by atoms with Crippen LogP contribution < -0.4 is 5.32 Å². The van der Waals surface area contributed by atoms with E-state index in [1.807, 2.05) is 0 Å².